The topological polar surface area (TPSA) is 85.9 Å². The van der Waals surface area contributed by atoms with E-state index in [0.717, 1.165) is 31.9 Å². The minimum atomic E-state index is -0.430. The normalized spacial score (nSPS) is 16.1. The molecular formula is C21H27N3O4. The van der Waals surface area contributed by atoms with Gasteiger partial charge in [-0.3, -0.25) is 9.69 Å². The molecule has 1 fully saturated rings. The van der Waals surface area contributed by atoms with Gasteiger partial charge in [-0.25, -0.2) is 4.79 Å². The van der Waals surface area contributed by atoms with Crippen molar-refractivity contribution in [3.05, 3.63) is 46.8 Å². The molecule has 2 N–H and O–H groups in total. The van der Waals surface area contributed by atoms with Crippen molar-refractivity contribution in [3.63, 3.8) is 0 Å². The predicted molar refractivity (Wildman–Crippen MR) is 107 cm³/mol. The van der Waals surface area contributed by atoms with Crippen LogP contribution in [0.2, 0.25) is 0 Å². The summed E-state index contributed by atoms with van der Waals surface area (Å²) in [6.07, 6.45) is 0. The van der Waals surface area contributed by atoms with Gasteiger partial charge < -0.3 is 19.7 Å². The van der Waals surface area contributed by atoms with Gasteiger partial charge in [0.2, 0.25) is 0 Å². The number of esters is 1. The number of nitrogens with zero attached hydrogens (tertiary/aromatic N) is 2. The fraction of sp³-hybridized carbons (Fsp3) is 0.429. The number of aromatic hydroxyl groups is 1. The Labute approximate surface area is 164 Å². The highest BCUT2D eigenvalue weighted by atomic mass is 16.5. The van der Waals surface area contributed by atoms with Crippen LogP contribution in [0.5, 0.6) is 5.75 Å². The Morgan fingerprint density at radius 3 is 2.29 bits per heavy atom. The first kappa shape index (κ1) is 19.9. The fourth-order valence-electron chi connectivity index (χ4n) is 3.81. The lowest BCUT2D eigenvalue weighted by Gasteiger charge is -2.38. The number of Topliss-reactive ketones (excluding diaryl/α,β-unsaturated/α-hetero) is 1. The van der Waals surface area contributed by atoms with Crippen LogP contribution in [0.4, 0.5) is 5.69 Å². The van der Waals surface area contributed by atoms with E-state index >= 15 is 0 Å². The minimum absolute atomic E-state index is 0.0196. The van der Waals surface area contributed by atoms with Crippen molar-refractivity contribution in [2.24, 2.45) is 0 Å². The van der Waals surface area contributed by atoms with E-state index < -0.39 is 5.97 Å². The SMILES string of the molecule is COC(=O)c1c(C)[nH]c(C(=O)[C@@H](C)N2CCN(c3ccc(O)cc3)CC2)c1C. The van der Waals surface area contributed by atoms with Crippen molar-refractivity contribution in [1.82, 2.24) is 9.88 Å². The Bertz CT molecular complexity index is 865. The zero-order chi connectivity index (χ0) is 20.4. The summed E-state index contributed by atoms with van der Waals surface area (Å²) in [5.74, 6) is -0.196. The van der Waals surface area contributed by atoms with Crippen LogP contribution in [-0.2, 0) is 4.74 Å². The number of anilines is 1. The molecule has 0 unspecified atom stereocenters. The Morgan fingerprint density at radius 1 is 1.11 bits per heavy atom. The average Bonchev–Trinajstić information content (AvgIpc) is 3.01. The van der Waals surface area contributed by atoms with Crippen molar-refractivity contribution in [2.75, 3.05) is 38.2 Å². The summed E-state index contributed by atoms with van der Waals surface area (Å²) in [6, 6.07) is 6.88. The lowest BCUT2D eigenvalue weighted by molar-refractivity contribution is 0.0599. The number of rotatable bonds is 5. The molecule has 7 heteroatoms. The van der Waals surface area contributed by atoms with Gasteiger partial charge in [0.15, 0.2) is 5.78 Å². The van der Waals surface area contributed by atoms with Gasteiger partial charge in [0.1, 0.15) is 5.75 Å². The van der Waals surface area contributed by atoms with Gasteiger partial charge >= 0.3 is 5.97 Å². The summed E-state index contributed by atoms with van der Waals surface area (Å²) < 4.78 is 4.83. The third-order valence-corrected chi connectivity index (χ3v) is 5.53. The second-order valence-electron chi connectivity index (χ2n) is 7.20. The monoisotopic (exact) mass is 385 g/mol. The van der Waals surface area contributed by atoms with E-state index in [2.05, 4.69) is 14.8 Å². The number of aromatic nitrogens is 1. The first-order chi connectivity index (χ1) is 13.3. The standard InChI is InChI=1S/C21H27N3O4/c1-13-18(21(27)28-4)14(2)22-19(13)20(26)15(3)23-9-11-24(12-10-23)16-5-7-17(25)8-6-16/h5-8,15,22,25H,9-12H2,1-4H3/t15-/m1/s1. The highest BCUT2D eigenvalue weighted by Crippen LogP contribution is 2.23. The number of phenols is 1. The molecule has 0 saturated carbocycles. The molecule has 0 bridgehead atoms. The third-order valence-electron chi connectivity index (χ3n) is 5.53. The molecule has 0 radical (unpaired) electrons. The summed E-state index contributed by atoms with van der Waals surface area (Å²) in [7, 11) is 1.34. The number of carbonyl (C=O) groups excluding carboxylic acids is 2. The van der Waals surface area contributed by atoms with Gasteiger partial charge in [0.25, 0.3) is 0 Å². The number of phenolic OH excluding ortho intramolecular Hbond substituents is 1. The Balaban J connectivity index is 1.68. The van der Waals surface area contributed by atoms with Crippen molar-refractivity contribution in [1.29, 1.82) is 0 Å². The molecule has 0 spiro atoms. The van der Waals surface area contributed by atoms with E-state index in [4.69, 9.17) is 4.74 Å². The second-order valence-corrected chi connectivity index (χ2v) is 7.20. The maximum atomic E-state index is 13.1. The average molecular weight is 385 g/mol. The first-order valence-corrected chi connectivity index (χ1v) is 9.43. The van der Waals surface area contributed by atoms with Crippen LogP contribution in [0, 0.1) is 13.8 Å². The van der Waals surface area contributed by atoms with Crippen LogP contribution in [0.3, 0.4) is 0 Å². The number of ether oxygens (including phenoxy) is 1. The number of carbonyl (C=O) groups is 2. The van der Waals surface area contributed by atoms with E-state index in [-0.39, 0.29) is 17.6 Å². The van der Waals surface area contributed by atoms with Gasteiger partial charge in [-0.2, -0.15) is 0 Å². The molecule has 150 valence electrons. The van der Waals surface area contributed by atoms with E-state index in [1.807, 2.05) is 19.1 Å². The molecule has 1 aliphatic heterocycles. The maximum Gasteiger partial charge on any atom is 0.339 e. The number of H-pyrrole nitrogens is 1. The van der Waals surface area contributed by atoms with Crippen molar-refractivity contribution >= 4 is 17.4 Å². The number of piperazine rings is 1. The first-order valence-electron chi connectivity index (χ1n) is 9.43. The van der Waals surface area contributed by atoms with Gasteiger partial charge in [-0.15, -0.1) is 0 Å². The van der Waals surface area contributed by atoms with Gasteiger partial charge in [0.05, 0.1) is 24.4 Å². The molecular weight excluding hydrogens is 358 g/mol. The van der Waals surface area contributed by atoms with Gasteiger partial charge in [0, 0.05) is 37.6 Å². The third kappa shape index (κ3) is 3.75. The number of hydrogen-bond acceptors (Lipinski definition) is 6. The number of aromatic amines is 1. The van der Waals surface area contributed by atoms with Crippen molar-refractivity contribution < 1.29 is 19.4 Å². The summed E-state index contributed by atoms with van der Waals surface area (Å²) in [4.78, 5) is 32.5. The van der Waals surface area contributed by atoms with Crippen LogP contribution in [0.1, 0.15) is 39.0 Å². The second kappa shape index (κ2) is 8.06. The zero-order valence-corrected chi connectivity index (χ0v) is 16.8. The van der Waals surface area contributed by atoms with Crippen LogP contribution < -0.4 is 4.90 Å². The number of nitrogens with one attached hydrogen (secondary N) is 1. The van der Waals surface area contributed by atoms with E-state index in [9.17, 15) is 14.7 Å². The van der Waals surface area contributed by atoms with Crippen LogP contribution in [-0.4, -0.2) is 66.1 Å². The minimum Gasteiger partial charge on any atom is -0.508 e. The number of aryl methyl sites for hydroxylation is 1. The van der Waals surface area contributed by atoms with Crippen LogP contribution in [0.25, 0.3) is 0 Å². The predicted octanol–water partition coefficient (Wildman–Crippen LogP) is 2.52. The van der Waals surface area contributed by atoms with Crippen LogP contribution >= 0.6 is 0 Å². The fourth-order valence-corrected chi connectivity index (χ4v) is 3.81. The molecule has 1 aromatic carbocycles. The number of ketones is 1. The Hall–Kier alpha value is -2.80. The smallest absolute Gasteiger partial charge is 0.339 e. The molecule has 2 heterocycles. The summed E-state index contributed by atoms with van der Waals surface area (Å²) in [5, 5.41) is 9.44. The molecule has 3 rings (SSSR count). The molecule has 7 nitrogen and oxygen atoms in total. The quantitative estimate of drug-likeness (QED) is 0.608. The van der Waals surface area contributed by atoms with E-state index in [0.29, 0.717) is 22.5 Å². The van der Waals surface area contributed by atoms with Gasteiger partial charge in [-0.05, 0) is 50.6 Å². The lowest BCUT2D eigenvalue weighted by atomic mass is 10.0. The van der Waals surface area contributed by atoms with Crippen molar-refractivity contribution in [2.45, 2.75) is 26.8 Å². The molecule has 1 atom stereocenters. The summed E-state index contributed by atoms with van der Waals surface area (Å²) in [5.41, 5.74) is 3.28. The number of benzene rings is 1. The molecule has 1 saturated heterocycles. The molecule has 0 aliphatic carbocycles. The molecule has 2 aromatic rings. The van der Waals surface area contributed by atoms with E-state index in [1.54, 1.807) is 26.0 Å². The summed E-state index contributed by atoms with van der Waals surface area (Å²) >= 11 is 0. The van der Waals surface area contributed by atoms with Crippen molar-refractivity contribution in [3.8, 4) is 5.75 Å². The molecule has 1 aromatic heterocycles. The van der Waals surface area contributed by atoms with E-state index in [1.165, 1.54) is 7.11 Å². The highest BCUT2D eigenvalue weighted by molar-refractivity contribution is 6.03. The zero-order valence-electron chi connectivity index (χ0n) is 16.8. The molecule has 0 amide bonds. The van der Waals surface area contributed by atoms with Crippen LogP contribution in [0.15, 0.2) is 24.3 Å². The summed E-state index contributed by atoms with van der Waals surface area (Å²) in [6.45, 7) is 8.59. The Morgan fingerprint density at radius 2 is 1.71 bits per heavy atom. The lowest BCUT2D eigenvalue weighted by Crippen LogP contribution is -2.51. The molecule has 28 heavy (non-hydrogen) atoms. The maximum absolute atomic E-state index is 13.1. The highest BCUT2D eigenvalue weighted by Gasteiger charge is 2.30. The number of methoxy groups -OCH3 is 1. The Kier molecular flexibility index (Phi) is 5.74. The molecule has 1 aliphatic rings. The largest absolute Gasteiger partial charge is 0.508 e. The van der Waals surface area contributed by atoms with Gasteiger partial charge in [-0.1, -0.05) is 0 Å². The number of hydrogen-bond donors (Lipinski definition) is 2.